The molecule has 0 saturated carbocycles. The maximum absolute atomic E-state index is 14.5. The minimum atomic E-state index is -4.21. The van der Waals surface area contributed by atoms with E-state index in [9.17, 15) is 18.0 Å². The first kappa shape index (κ1) is 32.8. The molecule has 0 aliphatic rings. The second-order valence-corrected chi connectivity index (χ2v) is 12.9. The number of methoxy groups -OCH3 is 1. The van der Waals surface area contributed by atoms with Gasteiger partial charge in [-0.15, -0.1) is 0 Å². The first-order chi connectivity index (χ1) is 21.2. The van der Waals surface area contributed by atoms with Gasteiger partial charge in [0, 0.05) is 24.0 Å². The summed E-state index contributed by atoms with van der Waals surface area (Å²) in [7, 11) is -2.77. The van der Waals surface area contributed by atoms with Gasteiger partial charge in [0.25, 0.3) is 10.0 Å². The average molecular weight is 679 g/mol. The number of halogens is 1. The van der Waals surface area contributed by atoms with Crippen molar-refractivity contribution in [3.05, 3.63) is 125 Å². The topological polar surface area (TPSA) is 96.0 Å². The Bertz CT molecular complexity index is 1630. The predicted molar refractivity (Wildman–Crippen MR) is 176 cm³/mol. The molecule has 1 N–H and O–H groups in total. The Hall–Kier alpha value is -4.15. The molecule has 8 nitrogen and oxygen atoms in total. The van der Waals surface area contributed by atoms with Crippen LogP contribution in [0, 0.1) is 0 Å². The Morgan fingerprint density at radius 3 is 2.09 bits per heavy atom. The summed E-state index contributed by atoms with van der Waals surface area (Å²) >= 11 is 3.45. The van der Waals surface area contributed by atoms with Crippen LogP contribution >= 0.6 is 15.9 Å². The number of hydrogen-bond donors (Lipinski definition) is 1. The van der Waals surface area contributed by atoms with Gasteiger partial charge in [0.05, 0.1) is 17.7 Å². The largest absolute Gasteiger partial charge is 0.495 e. The zero-order chi connectivity index (χ0) is 31.5. The van der Waals surface area contributed by atoms with E-state index in [-0.39, 0.29) is 29.5 Å². The molecule has 1 atom stereocenters. The summed E-state index contributed by atoms with van der Waals surface area (Å²) in [5, 5.41) is 2.95. The molecule has 230 valence electrons. The lowest BCUT2D eigenvalue weighted by atomic mass is 10.0. The number of carbonyl (C=O) groups excluding carboxylic acids is 2. The standard InChI is InChI=1S/C34H36BrN3O5S/c1-3-22-36-34(40)31(23-26-12-6-4-7-13-26)37(24-27-18-20-28(35)21-19-27)33(39)25-38(30-16-10-11-17-32(30)43-2)44(41,42)29-14-8-5-9-15-29/h4-21,31H,3,22-25H2,1-2H3,(H,36,40)/t31-/m1/s1. The van der Waals surface area contributed by atoms with Gasteiger partial charge in [0.2, 0.25) is 11.8 Å². The van der Waals surface area contributed by atoms with Crippen molar-refractivity contribution < 1.29 is 22.7 Å². The fraction of sp³-hybridized carbons (Fsp3) is 0.235. The van der Waals surface area contributed by atoms with Gasteiger partial charge in [0.1, 0.15) is 18.3 Å². The van der Waals surface area contributed by atoms with Crippen LogP contribution in [0.15, 0.2) is 119 Å². The molecule has 0 saturated heterocycles. The molecule has 10 heteroatoms. The highest BCUT2D eigenvalue weighted by Gasteiger charge is 2.35. The van der Waals surface area contributed by atoms with Gasteiger partial charge in [-0.05, 0) is 53.9 Å². The van der Waals surface area contributed by atoms with Gasteiger partial charge in [-0.2, -0.15) is 0 Å². The summed E-state index contributed by atoms with van der Waals surface area (Å²) in [6.07, 6.45) is 0.972. The smallest absolute Gasteiger partial charge is 0.264 e. The number of sulfonamides is 1. The Morgan fingerprint density at radius 1 is 0.841 bits per heavy atom. The zero-order valence-electron chi connectivity index (χ0n) is 24.7. The molecule has 0 aliphatic heterocycles. The molecule has 4 aromatic rings. The second kappa shape index (κ2) is 15.5. The lowest BCUT2D eigenvalue weighted by Gasteiger charge is -2.34. The Balaban J connectivity index is 1.81. The molecular formula is C34H36BrN3O5S. The van der Waals surface area contributed by atoms with E-state index in [1.807, 2.05) is 61.5 Å². The SMILES string of the molecule is CCCNC(=O)[C@@H](Cc1ccccc1)N(Cc1ccc(Br)cc1)C(=O)CN(c1ccccc1OC)S(=O)(=O)c1ccccc1. The van der Waals surface area contributed by atoms with E-state index in [0.29, 0.717) is 12.3 Å². The normalized spacial score (nSPS) is 11.8. The molecule has 0 bridgehead atoms. The number of benzene rings is 4. The van der Waals surface area contributed by atoms with Gasteiger partial charge in [-0.3, -0.25) is 13.9 Å². The van der Waals surface area contributed by atoms with Crippen LogP contribution in [0.25, 0.3) is 0 Å². The molecule has 2 amide bonds. The molecule has 0 spiro atoms. The van der Waals surface area contributed by atoms with Gasteiger partial charge < -0.3 is 15.0 Å². The first-order valence-corrected chi connectivity index (χ1v) is 16.5. The molecular weight excluding hydrogens is 642 g/mol. The van der Waals surface area contributed by atoms with E-state index in [0.717, 1.165) is 26.3 Å². The Morgan fingerprint density at radius 2 is 1.45 bits per heavy atom. The van der Waals surface area contributed by atoms with Crippen molar-refractivity contribution in [2.75, 3.05) is 24.5 Å². The summed E-state index contributed by atoms with van der Waals surface area (Å²) in [5.74, 6) is -0.553. The summed E-state index contributed by atoms with van der Waals surface area (Å²) in [4.78, 5) is 29.7. The van der Waals surface area contributed by atoms with Gasteiger partial charge in [0.15, 0.2) is 0 Å². The fourth-order valence-electron chi connectivity index (χ4n) is 4.78. The number of amides is 2. The first-order valence-electron chi connectivity index (χ1n) is 14.3. The lowest BCUT2D eigenvalue weighted by molar-refractivity contribution is -0.140. The Kier molecular flexibility index (Phi) is 11.6. The highest BCUT2D eigenvalue weighted by molar-refractivity contribution is 9.10. The van der Waals surface area contributed by atoms with E-state index in [1.165, 1.54) is 24.1 Å². The third-order valence-electron chi connectivity index (χ3n) is 7.05. The molecule has 0 unspecified atom stereocenters. The van der Waals surface area contributed by atoms with Crippen LogP contribution in [-0.2, 0) is 32.6 Å². The van der Waals surface area contributed by atoms with Crippen molar-refractivity contribution in [3.63, 3.8) is 0 Å². The molecule has 44 heavy (non-hydrogen) atoms. The van der Waals surface area contributed by atoms with E-state index in [2.05, 4.69) is 21.2 Å². The van der Waals surface area contributed by atoms with E-state index >= 15 is 0 Å². The molecule has 4 rings (SSSR count). The number of ether oxygens (including phenoxy) is 1. The lowest BCUT2D eigenvalue weighted by Crippen LogP contribution is -2.53. The monoisotopic (exact) mass is 677 g/mol. The third-order valence-corrected chi connectivity index (χ3v) is 9.35. The summed E-state index contributed by atoms with van der Waals surface area (Å²) in [6.45, 7) is 1.94. The van der Waals surface area contributed by atoms with Crippen molar-refractivity contribution in [2.45, 2.75) is 37.2 Å². The van der Waals surface area contributed by atoms with Crippen LogP contribution in [0.5, 0.6) is 5.75 Å². The maximum atomic E-state index is 14.5. The van der Waals surface area contributed by atoms with Gasteiger partial charge >= 0.3 is 0 Å². The van der Waals surface area contributed by atoms with E-state index in [1.54, 1.807) is 42.5 Å². The number of nitrogens with one attached hydrogen (secondary N) is 1. The number of rotatable bonds is 14. The van der Waals surface area contributed by atoms with Crippen LogP contribution < -0.4 is 14.4 Å². The van der Waals surface area contributed by atoms with Crippen LogP contribution in [-0.4, -0.2) is 51.4 Å². The van der Waals surface area contributed by atoms with E-state index < -0.39 is 28.5 Å². The minimum absolute atomic E-state index is 0.0275. The molecule has 0 fully saturated rings. The zero-order valence-corrected chi connectivity index (χ0v) is 27.1. The maximum Gasteiger partial charge on any atom is 0.264 e. The quantitative estimate of drug-likeness (QED) is 0.182. The van der Waals surface area contributed by atoms with Crippen molar-refractivity contribution in [1.82, 2.24) is 10.2 Å². The van der Waals surface area contributed by atoms with Crippen LogP contribution in [0.4, 0.5) is 5.69 Å². The number of hydrogen-bond acceptors (Lipinski definition) is 5. The summed E-state index contributed by atoms with van der Waals surface area (Å²) < 4.78 is 35.7. The number of carbonyl (C=O) groups is 2. The number of anilines is 1. The second-order valence-electron chi connectivity index (χ2n) is 10.1. The van der Waals surface area contributed by atoms with Crippen LogP contribution in [0.1, 0.15) is 24.5 Å². The predicted octanol–water partition coefficient (Wildman–Crippen LogP) is 5.82. The highest BCUT2D eigenvalue weighted by atomic mass is 79.9. The third kappa shape index (κ3) is 8.27. The van der Waals surface area contributed by atoms with E-state index in [4.69, 9.17) is 4.74 Å². The molecule has 4 aromatic carbocycles. The number of para-hydroxylation sites is 2. The number of nitrogens with zero attached hydrogens (tertiary/aromatic N) is 2. The summed E-state index contributed by atoms with van der Waals surface area (Å²) in [5.41, 5.74) is 1.87. The van der Waals surface area contributed by atoms with Crippen molar-refractivity contribution in [3.8, 4) is 5.75 Å². The van der Waals surface area contributed by atoms with Gasteiger partial charge in [-0.25, -0.2) is 8.42 Å². The highest BCUT2D eigenvalue weighted by Crippen LogP contribution is 2.32. The molecule has 0 radical (unpaired) electrons. The fourth-order valence-corrected chi connectivity index (χ4v) is 6.49. The summed E-state index contributed by atoms with van der Waals surface area (Å²) in [6, 6.07) is 30.6. The van der Waals surface area contributed by atoms with Crippen molar-refractivity contribution >= 4 is 43.5 Å². The Labute approximate surface area is 267 Å². The van der Waals surface area contributed by atoms with Crippen molar-refractivity contribution in [1.29, 1.82) is 0 Å². The van der Waals surface area contributed by atoms with Crippen LogP contribution in [0.2, 0.25) is 0 Å². The van der Waals surface area contributed by atoms with Gasteiger partial charge in [-0.1, -0.05) is 95.7 Å². The molecule has 0 aromatic heterocycles. The average Bonchev–Trinajstić information content (AvgIpc) is 3.05. The van der Waals surface area contributed by atoms with Crippen LogP contribution in [0.3, 0.4) is 0 Å². The molecule has 0 aliphatic carbocycles. The minimum Gasteiger partial charge on any atom is -0.495 e. The van der Waals surface area contributed by atoms with Crippen molar-refractivity contribution in [2.24, 2.45) is 0 Å². The molecule has 0 heterocycles.